The van der Waals surface area contributed by atoms with E-state index in [0.29, 0.717) is 31.1 Å². The number of aromatic nitrogens is 1. The molecule has 2 aromatic rings. The summed E-state index contributed by atoms with van der Waals surface area (Å²) in [6.45, 7) is 2.90. The van der Waals surface area contributed by atoms with E-state index in [1.54, 1.807) is 11.8 Å². The van der Waals surface area contributed by atoms with Gasteiger partial charge in [-0.3, -0.25) is 9.59 Å². The SMILES string of the molecule is CC(=O)N1CCC(C(=O)Nc2nc(-c3ccc4c(c3)CCC4)cs2)CC1. The molecule has 0 unspecified atom stereocenters. The Morgan fingerprint density at radius 2 is 1.96 bits per heavy atom. The fourth-order valence-corrected chi connectivity index (χ4v) is 4.58. The molecule has 0 bridgehead atoms. The lowest BCUT2D eigenvalue weighted by atomic mass is 9.96. The van der Waals surface area contributed by atoms with Gasteiger partial charge in [-0.1, -0.05) is 12.1 Å². The smallest absolute Gasteiger partial charge is 0.229 e. The average Bonchev–Trinajstić information content (AvgIpc) is 3.30. The van der Waals surface area contributed by atoms with Crippen LogP contribution in [0.15, 0.2) is 23.6 Å². The van der Waals surface area contributed by atoms with Gasteiger partial charge in [-0.25, -0.2) is 4.98 Å². The zero-order valence-corrected chi connectivity index (χ0v) is 15.8. The number of nitrogens with one attached hydrogen (secondary N) is 1. The van der Waals surface area contributed by atoms with Crippen LogP contribution < -0.4 is 5.32 Å². The van der Waals surface area contributed by atoms with Gasteiger partial charge < -0.3 is 10.2 Å². The molecule has 1 saturated heterocycles. The van der Waals surface area contributed by atoms with Gasteiger partial charge in [0, 0.05) is 36.9 Å². The Balaban J connectivity index is 1.39. The van der Waals surface area contributed by atoms with Crippen LogP contribution in [-0.4, -0.2) is 34.8 Å². The average molecular weight is 369 g/mol. The van der Waals surface area contributed by atoms with E-state index in [1.807, 2.05) is 5.38 Å². The minimum atomic E-state index is -0.0436. The van der Waals surface area contributed by atoms with Crippen LogP contribution in [0.2, 0.25) is 0 Å². The number of piperidine rings is 1. The van der Waals surface area contributed by atoms with Crippen molar-refractivity contribution in [1.29, 1.82) is 0 Å². The van der Waals surface area contributed by atoms with Crippen molar-refractivity contribution in [2.45, 2.75) is 39.0 Å². The first-order valence-corrected chi connectivity index (χ1v) is 10.1. The van der Waals surface area contributed by atoms with E-state index in [2.05, 4.69) is 28.5 Å². The summed E-state index contributed by atoms with van der Waals surface area (Å²) in [5, 5.41) is 5.62. The maximum Gasteiger partial charge on any atom is 0.229 e. The second-order valence-electron chi connectivity index (χ2n) is 7.14. The monoisotopic (exact) mass is 369 g/mol. The zero-order valence-electron chi connectivity index (χ0n) is 15.0. The summed E-state index contributed by atoms with van der Waals surface area (Å²) in [6.07, 6.45) is 4.99. The van der Waals surface area contributed by atoms with Crippen molar-refractivity contribution in [2.24, 2.45) is 5.92 Å². The highest BCUT2D eigenvalue weighted by atomic mass is 32.1. The van der Waals surface area contributed by atoms with Crippen LogP contribution in [0.3, 0.4) is 0 Å². The summed E-state index contributed by atoms with van der Waals surface area (Å²) in [5.74, 6) is 0.0590. The summed E-state index contributed by atoms with van der Waals surface area (Å²) in [5.41, 5.74) is 4.93. The van der Waals surface area contributed by atoms with E-state index in [0.717, 1.165) is 17.7 Å². The zero-order chi connectivity index (χ0) is 18.1. The molecule has 2 aliphatic rings. The van der Waals surface area contributed by atoms with Gasteiger partial charge in [0.15, 0.2) is 5.13 Å². The number of amides is 2. The molecule has 6 heteroatoms. The van der Waals surface area contributed by atoms with E-state index in [9.17, 15) is 9.59 Å². The topological polar surface area (TPSA) is 62.3 Å². The van der Waals surface area contributed by atoms with Gasteiger partial charge in [-0.05, 0) is 49.3 Å². The van der Waals surface area contributed by atoms with Crippen molar-refractivity contribution in [3.05, 3.63) is 34.7 Å². The molecule has 2 amide bonds. The van der Waals surface area contributed by atoms with Crippen LogP contribution in [0.4, 0.5) is 5.13 Å². The molecule has 0 radical (unpaired) electrons. The number of hydrogen-bond donors (Lipinski definition) is 1. The van der Waals surface area contributed by atoms with E-state index in [-0.39, 0.29) is 17.7 Å². The van der Waals surface area contributed by atoms with Crippen molar-refractivity contribution >= 4 is 28.3 Å². The Morgan fingerprint density at radius 1 is 1.19 bits per heavy atom. The first kappa shape index (κ1) is 17.2. The lowest BCUT2D eigenvalue weighted by molar-refractivity contribution is -0.132. The molecule has 0 saturated carbocycles. The molecule has 1 aromatic heterocycles. The molecule has 1 fully saturated rings. The quantitative estimate of drug-likeness (QED) is 0.901. The van der Waals surface area contributed by atoms with Gasteiger partial charge in [-0.2, -0.15) is 0 Å². The fourth-order valence-electron chi connectivity index (χ4n) is 3.86. The maximum atomic E-state index is 12.5. The van der Waals surface area contributed by atoms with Gasteiger partial charge in [0.1, 0.15) is 0 Å². The molecule has 1 aliphatic heterocycles. The van der Waals surface area contributed by atoms with Crippen LogP contribution in [0.1, 0.15) is 37.3 Å². The predicted molar refractivity (Wildman–Crippen MR) is 103 cm³/mol. The Kier molecular flexibility index (Phi) is 4.76. The van der Waals surface area contributed by atoms with E-state index in [1.165, 1.54) is 35.3 Å². The molecule has 1 aliphatic carbocycles. The van der Waals surface area contributed by atoms with Gasteiger partial charge in [0.2, 0.25) is 11.8 Å². The summed E-state index contributed by atoms with van der Waals surface area (Å²) >= 11 is 1.47. The fraction of sp³-hybridized carbons (Fsp3) is 0.450. The lowest BCUT2D eigenvalue weighted by Gasteiger charge is -2.30. The molecule has 5 nitrogen and oxygen atoms in total. The lowest BCUT2D eigenvalue weighted by Crippen LogP contribution is -2.40. The number of hydrogen-bond acceptors (Lipinski definition) is 4. The number of rotatable bonds is 3. The highest BCUT2D eigenvalue weighted by molar-refractivity contribution is 7.14. The molecule has 0 spiro atoms. The van der Waals surface area contributed by atoms with Crippen molar-refractivity contribution < 1.29 is 9.59 Å². The Hall–Kier alpha value is -2.21. The summed E-state index contributed by atoms with van der Waals surface area (Å²) < 4.78 is 0. The molecular weight excluding hydrogens is 346 g/mol. The third-order valence-electron chi connectivity index (χ3n) is 5.44. The van der Waals surface area contributed by atoms with Crippen molar-refractivity contribution in [2.75, 3.05) is 18.4 Å². The molecule has 4 rings (SSSR count). The number of aryl methyl sites for hydroxylation is 2. The van der Waals surface area contributed by atoms with Crippen LogP contribution >= 0.6 is 11.3 Å². The molecule has 136 valence electrons. The number of likely N-dealkylation sites (tertiary alicyclic amines) is 1. The molecule has 26 heavy (non-hydrogen) atoms. The summed E-state index contributed by atoms with van der Waals surface area (Å²) in [6, 6.07) is 6.57. The first-order valence-electron chi connectivity index (χ1n) is 9.24. The minimum absolute atomic E-state index is 0.0167. The number of thiazole rings is 1. The van der Waals surface area contributed by atoms with E-state index >= 15 is 0 Å². The van der Waals surface area contributed by atoms with Crippen molar-refractivity contribution in [1.82, 2.24) is 9.88 Å². The highest BCUT2D eigenvalue weighted by Crippen LogP contribution is 2.30. The maximum absolute atomic E-state index is 12.5. The highest BCUT2D eigenvalue weighted by Gasteiger charge is 2.26. The Morgan fingerprint density at radius 3 is 2.73 bits per heavy atom. The van der Waals surface area contributed by atoms with Gasteiger partial charge in [0.05, 0.1) is 5.69 Å². The summed E-state index contributed by atoms with van der Waals surface area (Å²) in [4.78, 5) is 30.3. The minimum Gasteiger partial charge on any atom is -0.343 e. The second kappa shape index (κ2) is 7.19. The summed E-state index contributed by atoms with van der Waals surface area (Å²) in [7, 11) is 0. The number of carbonyl (C=O) groups is 2. The third-order valence-corrected chi connectivity index (χ3v) is 6.20. The van der Waals surface area contributed by atoms with Gasteiger partial charge >= 0.3 is 0 Å². The molecule has 1 aromatic carbocycles. The third kappa shape index (κ3) is 3.51. The van der Waals surface area contributed by atoms with E-state index in [4.69, 9.17) is 0 Å². The second-order valence-corrected chi connectivity index (χ2v) is 8.00. The van der Waals surface area contributed by atoms with Crippen LogP contribution in [0.25, 0.3) is 11.3 Å². The Bertz CT molecular complexity index is 837. The number of fused-ring (bicyclic) bond motifs is 1. The molecule has 0 atom stereocenters. The van der Waals surface area contributed by atoms with Gasteiger partial charge in [0.25, 0.3) is 0 Å². The van der Waals surface area contributed by atoms with Crippen molar-refractivity contribution in [3.63, 3.8) is 0 Å². The number of nitrogens with zero attached hydrogens (tertiary/aromatic N) is 2. The van der Waals surface area contributed by atoms with Crippen molar-refractivity contribution in [3.8, 4) is 11.3 Å². The molecular formula is C20H23N3O2S. The van der Waals surface area contributed by atoms with Crippen LogP contribution in [-0.2, 0) is 22.4 Å². The standard InChI is InChI=1S/C20H23N3O2S/c1-13(24)23-9-7-15(8-10-23)19(25)22-20-21-18(12-26-20)17-6-5-14-3-2-4-16(14)11-17/h5-6,11-12,15H,2-4,7-10H2,1H3,(H,21,22,25). The predicted octanol–water partition coefficient (Wildman–Crippen LogP) is 3.50. The molecule has 1 N–H and O–H groups in total. The first-order chi connectivity index (χ1) is 12.6. The van der Waals surface area contributed by atoms with E-state index < -0.39 is 0 Å². The number of benzene rings is 1. The molecule has 2 heterocycles. The largest absolute Gasteiger partial charge is 0.343 e. The van der Waals surface area contributed by atoms with Gasteiger partial charge in [-0.15, -0.1) is 11.3 Å². The number of carbonyl (C=O) groups excluding carboxylic acids is 2. The number of anilines is 1. The van der Waals surface area contributed by atoms with Crippen LogP contribution in [0, 0.1) is 5.92 Å². The van der Waals surface area contributed by atoms with Crippen LogP contribution in [0.5, 0.6) is 0 Å². The Labute approximate surface area is 157 Å². The normalized spacial score (nSPS) is 17.2.